The van der Waals surface area contributed by atoms with Crippen molar-refractivity contribution in [2.45, 2.75) is 6.42 Å². The van der Waals surface area contributed by atoms with Gasteiger partial charge >= 0.3 is 0 Å². The average molecular weight is 218 g/mol. The predicted molar refractivity (Wildman–Crippen MR) is 66.5 cm³/mol. The molecule has 0 amide bonds. The van der Waals surface area contributed by atoms with Crippen molar-refractivity contribution in [3.63, 3.8) is 0 Å². The second kappa shape index (κ2) is 5.56. The van der Waals surface area contributed by atoms with Crippen LogP contribution in [0.25, 0.3) is 0 Å². The minimum absolute atomic E-state index is 0.720. The normalized spacial score (nSPS) is 16.2. The average Bonchev–Trinajstić information content (AvgIpc) is 2.30. The van der Waals surface area contributed by atoms with Crippen LogP contribution in [0.15, 0.2) is 36.4 Å². The summed E-state index contributed by atoms with van der Waals surface area (Å²) in [6.07, 6.45) is 5.59. The van der Waals surface area contributed by atoms with Gasteiger partial charge < -0.3 is 10.5 Å². The molecule has 1 aliphatic rings. The summed E-state index contributed by atoms with van der Waals surface area (Å²) in [6, 6.07) is 7.57. The van der Waals surface area contributed by atoms with Gasteiger partial charge in [0.1, 0.15) is 12.4 Å². The molecule has 0 unspecified atom stereocenters. The van der Waals surface area contributed by atoms with Gasteiger partial charge in [-0.05, 0) is 18.6 Å². The van der Waals surface area contributed by atoms with E-state index in [0.29, 0.717) is 0 Å². The summed E-state index contributed by atoms with van der Waals surface area (Å²) in [5.74, 6) is 0.854. The van der Waals surface area contributed by atoms with Crippen LogP contribution in [0.1, 0.15) is 6.42 Å². The number of nitrogen functional groups attached to an aromatic ring is 1. The van der Waals surface area contributed by atoms with E-state index in [0.717, 1.165) is 44.1 Å². The molecule has 0 saturated heterocycles. The van der Waals surface area contributed by atoms with Gasteiger partial charge in [0.15, 0.2) is 0 Å². The molecule has 0 atom stereocenters. The van der Waals surface area contributed by atoms with E-state index in [2.05, 4.69) is 17.1 Å². The number of benzene rings is 1. The number of hydrogen-bond acceptors (Lipinski definition) is 3. The Kier molecular flexibility index (Phi) is 3.83. The van der Waals surface area contributed by atoms with Gasteiger partial charge in [-0.3, -0.25) is 4.90 Å². The van der Waals surface area contributed by atoms with Gasteiger partial charge in [-0.15, -0.1) is 0 Å². The van der Waals surface area contributed by atoms with Gasteiger partial charge in [-0.25, -0.2) is 0 Å². The van der Waals surface area contributed by atoms with Gasteiger partial charge in [0.2, 0.25) is 0 Å². The number of rotatable bonds is 4. The molecule has 16 heavy (non-hydrogen) atoms. The van der Waals surface area contributed by atoms with Gasteiger partial charge in [-0.2, -0.15) is 0 Å². The smallest absolute Gasteiger partial charge is 0.121 e. The van der Waals surface area contributed by atoms with Gasteiger partial charge in [0.05, 0.1) is 0 Å². The number of nitrogens with zero attached hydrogens (tertiary/aromatic N) is 1. The Morgan fingerprint density at radius 2 is 2.25 bits per heavy atom. The maximum atomic E-state index is 5.67. The minimum atomic E-state index is 0.720. The summed E-state index contributed by atoms with van der Waals surface area (Å²) >= 11 is 0. The summed E-state index contributed by atoms with van der Waals surface area (Å²) in [5.41, 5.74) is 6.42. The molecule has 1 aliphatic heterocycles. The number of hydrogen-bond donors (Lipinski definition) is 1. The van der Waals surface area contributed by atoms with Crippen molar-refractivity contribution in [1.29, 1.82) is 0 Å². The number of ether oxygens (including phenoxy) is 1. The Morgan fingerprint density at radius 1 is 1.31 bits per heavy atom. The molecule has 2 N–H and O–H groups in total. The number of anilines is 1. The van der Waals surface area contributed by atoms with Crippen LogP contribution in [0.2, 0.25) is 0 Å². The van der Waals surface area contributed by atoms with Crippen molar-refractivity contribution in [1.82, 2.24) is 4.90 Å². The van der Waals surface area contributed by atoms with E-state index >= 15 is 0 Å². The topological polar surface area (TPSA) is 38.5 Å². The predicted octanol–water partition coefficient (Wildman–Crippen LogP) is 1.91. The molecular weight excluding hydrogens is 200 g/mol. The van der Waals surface area contributed by atoms with Gasteiger partial charge in [0, 0.05) is 31.4 Å². The Balaban J connectivity index is 1.73. The quantitative estimate of drug-likeness (QED) is 0.619. The first kappa shape index (κ1) is 11.0. The van der Waals surface area contributed by atoms with Crippen molar-refractivity contribution in [2.24, 2.45) is 0 Å². The van der Waals surface area contributed by atoms with Crippen LogP contribution in [0.5, 0.6) is 5.75 Å². The molecule has 1 heterocycles. The maximum Gasteiger partial charge on any atom is 0.121 e. The molecule has 0 saturated carbocycles. The van der Waals surface area contributed by atoms with Crippen LogP contribution in [0.4, 0.5) is 5.69 Å². The second-order valence-electron chi connectivity index (χ2n) is 3.98. The fraction of sp³-hybridized carbons (Fsp3) is 0.385. The van der Waals surface area contributed by atoms with Crippen molar-refractivity contribution < 1.29 is 4.74 Å². The second-order valence-corrected chi connectivity index (χ2v) is 3.98. The van der Waals surface area contributed by atoms with E-state index in [-0.39, 0.29) is 0 Å². The highest BCUT2D eigenvalue weighted by Gasteiger charge is 2.05. The lowest BCUT2D eigenvalue weighted by Gasteiger charge is -2.22. The van der Waals surface area contributed by atoms with E-state index in [1.165, 1.54) is 0 Å². The molecule has 0 aliphatic carbocycles. The molecule has 0 aromatic heterocycles. The monoisotopic (exact) mass is 218 g/mol. The Bertz CT molecular complexity index is 363. The highest BCUT2D eigenvalue weighted by molar-refractivity contribution is 5.43. The molecule has 1 aromatic rings. The third-order valence-corrected chi connectivity index (χ3v) is 2.68. The van der Waals surface area contributed by atoms with Gasteiger partial charge in [0.25, 0.3) is 0 Å². The molecule has 1 aromatic carbocycles. The van der Waals surface area contributed by atoms with Crippen LogP contribution in [0, 0.1) is 0 Å². The summed E-state index contributed by atoms with van der Waals surface area (Å²) in [4.78, 5) is 2.38. The minimum Gasteiger partial charge on any atom is -0.492 e. The fourth-order valence-electron chi connectivity index (χ4n) is 1.79. The maximum absolute atomic E-state index is 5.67. The Labute approximate surface area is 96.5 Å². The van der Waals surface area contributed by atoms with Crippen molar-refractivity contribution >= 4 is 5.69 Å². The van der Waals surface area contributed by atoms with E-state index in [4.69, 9.17) is 10.5 Å². The van der Waals surface area contributed by atoms with Crippen LogP contribution in [-0.2, 0) is 0 Å². The van der Waals surface area contributed by atoms with Crippen LogP contribution in [0.3, 0.4) is 0 Å². The first-order valence-electron chi connectivity index (χ1n) is 5.70. The lowest BCUT2D eigenvalue weighted by Crippen LogP contribution is -2.31. The largest absolute Gasteiger partial charge is 0.492 e. The highest BCUT2D eigenvalue weighted by Crippen LogP contribution is 2.14. The lowest BCUT2D eigenvalue weighted by atomic mass is 10.2. The van der Waals surface area contributed by atoms with Crippen LogP contribution < -0.4 is 10.5 Å². The zero-order chi connectivity index (χ0) is 11.2. The molecule has 86 valence electrons. The highest BCUT2D eigenvalue weighted by atomic mass is 16.5. The van der Waals surface area contributed by atoms with E-state index in [1.54, 1.807) is 0 Å². The van der Waals surface area contributed by atoms with E-state index in [9.17, 15) is 0 Å². The molecule has 3 nitrogen and oxygen atoms in total. The SMILES string of the molecule is Nc1cccc(OCCN2CC=CCC2)c1. The molecule has 3 heteroatoms. The lowest BCUT2D eigenvalue weighted by molar-refractivity contribution is 0.221. The third kappa shape index (κ3) is 3.28. The molecular formula is C13H18N2O. The summed E-state index contributed by atoms with van der Waals surface area (Å²) in [5, 5.41) is 0. The third-order valence-electron chi connectivity index (χ3n) is 2.68. The molecule has 0 fully saturated rings. The Hall–Kier alpha value is -1.48. The molecule has 0 spiro atoms. The zero-order valence-corrected chi connectivity index (χ0v) is 9.43. The van der Waals surface area contributed by atoms with Crippen LogP contribution >= 0.6 is 0 Å². The van der Waals surface area contributed by atoms with E-state index in [1.807, 2.05) is 24.3 Å². The molecule has 0 bridgehead atoms. The van der Waals surface area contributed by atoms with Crippen molar-refractivity contribution in [3.8, 4) is 5.75 Å². The van der Waals surface area contributed by atoms with E-state index < -0.39 is 0 Å². The first-order valence-corrected chi connectivity index (χ1v) is 5.70. The van der Waals surface area contributed by atoms with Crippen molar-refractivity contribution in [2.75, 3.05) is 32.0 Å². The summed E-state index contributed by atoms with van der Waals surface area (Å²) in [7, 11) is 0. The fourth-order valence-corrected chi connectivity index (χ4v) is 1.79. The number of nitrogens with two attached hydrogens (primary N) is 1. The summed E-state index contributed by atoms with van der Waals surface area (Å²) in [6.45, 7) is 3.87. The van der Waals surface area contributed by atoms with Crippen molar-refractivity contribution in [3.05, 3.63) is 36.4 Å². The molecule has 0 radical (unpaired) electrons. The first-order chi connectivity index (χ1) is 7.84. The Morgan fingerprint density at radius 3 is 3.00 bits per heavy atom. The van der Waals surface area contributed by atoms with Crippen LogP contribution in [-0.4, -0.2) is 31.1 Å². The molecule has 2 rings (SSSR count). The van der Waals surface area contributed by atoms with Gasteiger partial charge in [-0.1, -0.05) is 18.2 Å². The standard InChI is InChI=1S/C13H18N2O/c14-12-5-4-6-13(11-12)16-10-9-15-7-2-1-3-8-15/h1-2,4-6,11H,3,7-10,14H2. The zero-order valence-electron chi connectivity index (χ0n) is 9.43. The summed E-state index contributed by atoms with van der Waals surface area (Å²) < 4.78 is 5.64.